The summed E-state index contributed by atoms with van der Waals surface area (Å²) in [6.45, 7) is 9.33. The van der Waals surface area contributed by atoms with Gasteiger partial charge in [0.15, 0.2) is 0 Å². The van der Waals surface area contributed by atoms with Crippen LogP contribution in [0.2, 0.25) is 0 Å². The molecule has 1 heterocycles. The summed E-state index contributed by atoms with van der Waals surface area (Å²) in [4.78, 5) is 14.2. The molecule has 1 aliphatic rings. The zero-order valence-corrected chi connectivity index (χ0v) is 13.2. The van der Waals surface area contributed by atoms with Crippen molar-refractivity contribution in [3.8, 4) is 0 Å². The first-order valence-electron chi connectivity index (χ1n) is 7.16. The lowest BCUT2D eigenvalue weighted by Gasteiger charge is -2.34. The van der Waals surface area contributed by atoms with Gasteiger partial charge in [-0.25, -0.2) is 0 Å². The zero-order chi connectivity index (χ0) is 13.5. The maximum absolute atomic E-state index is 12.2. The van der Waals surface area contributed by atoms with E-state index in [1.807, 2.05) is 11.8 Å². The standard InChI is InChI=1S/C14H28N2O2.ClH/c1-11(2)12(3)14(17)16-8-5-13(6-9-16)18-10-4-7-15;/h11-13H,4-10,15H2,1-3H3;1H. The van der Waals surface area contributed by atoms with Crippen LogP contribution in [-0.4, -0.2) is 43.2 Å². The molecule has 1 saturated heterocycles. The molecule has 1 amide bonds. The van der Waals surface area contributed by atoms with Crippen LogP contribution >= 0.6 is 12.4 Å². The number of carbonyl (C=O) groups is 1. The Morgan fingerprint density at radius 3 is 2.37 bits per heavy atom. The van der Waals surface area contributed by atoms with E-state index in [1.54, 1.807) is 0 Å². The summed E-state index contributed by atoms with van der Waals surface area (Å²) in [5, 5.41) is 0. The minimum Gasteiger partial charge on any atom is -0.378 e. The van der Waals surface area contributed by atoms with E-state index in [9.17, 15) is 4.79 Å². The molecule has 0 spiro atoms. The van der Waals surface area contributed by atoms with Crippen molar-refractivity contribution in [3.05, 3.63) is 0 Å². The topological polar surface area (TPSA) is 55.6 Å². The van der Waals surface area contributed by atoms with E-state index >= 15 is 0 Å². The molecule has 0 bridgehead atoms. The van der Waals surface area contributed by atoms with E-state index in [0.717, 1.165) is 39.0 Å². The highest BCUT2D eigenvalue weighted by Gasteiger charge is 2.27. The Labute approximate surface area is 123 Å². The molecule has 5 heteroatoms. The summed E-state index contributed by atoms with van der Waals surface area (Å²) in [6, 6.07) is 0. The van der Waals surface area contributed by atoms with Crippen molar-refractivity contribution < 1.29 is 9.53 Å². The highest BCUT2D eigenvalue weighted by molar-refractivity contribution is 5.85. The minimum atomic E-state index is 0. The van der Waals surface area contributed by atoms with Crippen LogP contribution in [0, 0.1) is 11.8 Å². The number of halogens is 1. The summed E-state index contributed by atoms with van der Waals surface area (Å²) < 4.78 is 5.74. The van der Waals surface area contributed by atoms with Crippen molar-refractivity contribution in [3.63, 3.8) is 0 Å². The molecule has 1 rings (SSSR count). The van der Waals surface area contributed by atoms with Gasteiger partial charge >= 0.3 is 0 Å². The Balaban J connectivity index is 0.00000324. The summed E-state index contributed by atoms with van der Waals surface area (Å²) >= 11 is 0. The van der Waals surface area contributed by atoms with Gasteiger partial charge in [-0.05, 0) is 31.7 Å². The molecular formula is C14H29ClN2O2. The highest BCUT2D eigenvalue weighted by Crippen LogP contribution is 2.19. The molecule has 2 N–H and O–H groups in total. The van der Waals surface area contributed by atoms with Gasteiger partial charge in [0.1, 0.15) is 0 Å². The summed E-state index contributed by atoms with van der Waals surface area (Å²) in [7, 11) is 0. The smallest absolute Gasteiger partial charge is 0.225 e. The van der Waals surface area contributed by atoms with Gasteiger partial charge in [0.2, 0.25) is 5.91 Å². The molecule has 1 unspecified atom stereocenters. The SMILES string of the molecule is CC(C)C(C)C(=O)N1CCC(OCCCN)CC1.Cl. The Kier molecular flexibility index (Phi) is 9.40. The van der Waals surface area contributed by atoms with Crippen molar-refractivity contribution in [2.45, 2.75) is 46.1 Å². The number of carbonyl (C=O) groups excluding carboxylic acids is 1. The highest BCUT2D eigenvalue weighted by atomic mass is 35.5. The first-order chi connectivity index (χ1) is 8.56. The lowest BCUT2D eigenvalue weighted by Crippen LogP contribution is -2.44. The van der Waals surface area contributed by atoms with Crippen molar-refractivity contribution in [2.75, 3.05) is 26.2 Å². The third-order valence-electron chi connectivity index (χ3n) is 3.85. The fourth-order valence-corrected chi connectivity index (χ4v) is 2.15. The Bertz CT molecular complexity index is 254. The first-order valence-corrected chi connectivity index (χ1v) is 7.16. The number of hydrogen-bond acceptors (Lipinski definition) is 3. The van der Waals surface area contributed by atoms with E-state index < -0.39 is 0 Å². The molecule has 1 aliphatic heterocycles. The second-order valence-electron chi connectivity index (χ2n) is 5.57. The molecular weight excluding hydrogens is 264 g/mol. The summed E-state index contributed by atoms with van der Waals surface area (Å²) in [5.74, 6) is 0.834. The number of likely N-dealkylation sites (tertiary alicyclic amines) is 1. The molecule has 0 aromatic carbocycles. The van der Waals surface area contributed by atoms with Gasteiger partial charge in [0, 0.05) is 25.6 Å². The summed E-state index contributed by atoms with van der Waals surface area (Å²) in [6.07, 6.45) is 3.15. The van der Waals surface area contributed by atoms with Gasteiger partial charge in [-0.3, -0.25) is 4.79 Å². The lowest BCUT2D eigenvalue weighted by atomic mass is 9.95. The maximum Gasteiger partial charge on any atom is 0.225 e. The van der Waals surface area contributed by atoms with Gasteiger partial charge in [-0.2, -0.15) is 0 Å². The second kappa shape index (κ2) is 9.56. The largest absolute Gasteiger partial charge is 0.378 e. The van der Waals surface area contributed by atoms with Crippen LogP contribution in [-0.2, 0) is 9.53 Å². The molecule has 0 saturated carbocycles. The minimum absolute atomic E-state index is 0. The molecule has 0 radical (unpaired) electrons. The molecule has 1 fully saturated rings. The van der Waals surface area contributed by atoms with Crippen molar-refractivity contribution in [1.82, 2.24) is 4.90 Å². The Morgan fingerprint density at radius 2 is 1.89 bits per heavy atom. The summed E-state index contributed by atoms with van der Waals surface area (Å²) in [5.41, 5.74) is 5.43. The van der Waals surface area contributed by atoms with Crippen LogP contribution in [0.15, 0.2) is 0 Å². The average Bonchev–Trinajstić information content (AvgIpc) is 2.38. The molecule has 114 valence electrons. The van der Waals surface area contributed by atoms with Crippen LogP contribution in [0.4, 0.5) is 0 Å². The van der Waals surface area contributed by atoms with Crippen LogP contribution in [0.3, 0.4) is 0 Å². The molecule has 0 aromatic heterocycles. The van der Waals surface area contributed by atoms with E-state index in [1.165, 1.54) is 0 Å². The fourth-order valence-electron chi connectivity index (χ4n) is 2.15. The number of nitrogens with zero attached hydrogens (tertiary/aromatic N) is 1. The zero-order valence-electron chi connectivity index (χ0n) is 12.4. The van der Waals surface area contributed by atoms with Crippen molar-refractivity contribution >= 4 is 18.3 Å². The van der Waals surface area contributed by atoms with Gasteiger partial charge in [-0.1, -0.05) is 20.8 Å². The van der Waals surface area contributed by atoms with Gasteiger partial charge < -0.3 is 15.4 Å². The maximum atomic E-state index is 12.2. The van der Waals surface area contributed by atoms with E-state index in [2.05, 4.69) is 13.8 Å². The Morgan fingerprint density at radius 1 is 1.32 bits per heavy atom. The third kappa shape index (κ3) is 6.11. The van der Waals surface area contributed by atoms with Gasteiger partial charge in [0.05, 0.1) is 6.10 Å². The van der Waals surface area contributed by atoms with Crippen LogP contribution < -0.4 is 5.73 Å². The number of amides is 1. The lowest BCUT2D eigenvalue weighted by molar-refractivity contribution is -0.139. The van der Waals surface area contributed by atoms with Crippen LogP contribution in [0.1, 0.15) is 40.0 Å². The van der Waals surface area contributed by atoms with Gasteiger partial charge in [0.25, 0.3) is 0 Å². The number of piperidine rings is 1. The van der Waals surface area contributed by atoms with Crippen molar-refractivity contribution in [2.24, 2.45) is 17.6 Å². The van der Waals surface area contributed by atoms with Crippen LogP contribution in [0.25, 0.3) is 0 Å². The van der Waals surface area contributed by atoms with Crippen LogP contribution in [0.5, 0.6) is 0 Å². The van der Waals surface area contributed by atoms with Gasteiger partial charge in [-0.15, -0.1) is 12.4 Å². The first kappa shape index (κ1) is 18.7. The number of nitrogens with two attached hydrogens (primary N) is 1. The number of hydrogen-bond donors (Lipinski definition) is 1. The fraction of sp³-hybridized carbons (Fsp3) is 0.929. The molecule has 1 atom stereocenters. The molecule has 4 nitrogen and oxygen atoms in total. The molecule has 19 heavy (non-hydrogen) atoms. The average molecular weight is 293 g/mol. The van der Waals surface area contributed by atoms with E-state index in [0.29, 0.717) is 24.5 Å². The Hall–Kier alpha value is -0.320. The molecule has 0 aliphatic carbocycles. The van der Waals surface area contributed by atoms with E-state index in [4.69, 9.17) is 10.5 Å². The predicted molar refractivity (Wildman–Crippen MR) is 80.5 cm³/mol. The number of ether oxygens (including phenoxy) is 1. The number of rotatable bonds is 6. The second-order valence-corrected chi connectivity index (χ2v) is 5.57. The monoisotopic (exact) mass is 292 g/mol. The predicted octanol–water partition coefficient (Wildman–Crippen LogP) is 2.06. The quantitative estimate of drug-likeness (QED) is 0.763. The normalized spacial score (nSPS) is 18.3. The van der Waals surface area contributed by atoms with E-state index in [-0.39, 0.29) is 18.3 Å². The third-order valence-corrected chi connectivity index (χ3v) is 3.85. The molecule has 0 aromatic rings. The van der Waals surface area contributed by atoms with Crippen molar-refractivity contribution in [1.29, 1.82) is 0 Å².